The molecule has 1 heterocycles. The zero-order valence-electron chi connectivity index (χ0n) is 31.5. The number of carbonyl (C=O) groups excluding carboxylic acids is 4. The Bertz CT molecular complexity index is 1450. The van der Waals surface area contributed by atoms with E-state index in [0.29, 0.717) is 51.6 Å². The summed E-state index contributed by atoms with van der Waals surface area (Å²) in [6.07, 6.45) is 1.28. The van der Waals surface area contributed by atoms with Crippen LogP contribution in [0.3, 0.4) is 0 Å². The van der Waals surface area contributed by atoms with Crippen molar-refractivity contribution in [2.45, 2.75) is 97.2 Å². The SMILES string of the molecule is CC(C)C[C@@H](NC(=O)[C@H](CC(=O)[C@H](N)Cc1ccccc1)Cc1ccccc1)C(=O)C[C@H](CCCNC(C)C)C(=O)N1CCC[N+](N)(C(=O)O)CC1. The van der Waals surface area contributed by atoms with E-state index >= 15 is 0 Å². The van der Waals surface area contributed by atoms with Gasteiger partial charge in [-0.1, -0.05) is 88.4 Å². The molecule has 2 aromatic rings. The molecule has 0 aliphatic carbocycles. The van der Waals surface area contributed by atoms with E-state index in [1.807, 2.05) is 88.4 Å². The largest absolute Gasteiger partial charge is 0.533 e. The number of nitrogens with two attached hydrogens (primary N) is 2. The lowest BCUT2D eigenvalue weighted by Crippen LogP contribution is -2.59. The summed E-state index contributed by atoms with van der Waals surface area (Å²) in [5.74, 6) is 3.69. The van der Waals surface area contributed by atoms with Gasteiger partial charge in [-0.3, -0.25) is 19.2 Å². The minimum atomic E-state index is -1.14. The van der Waals surface area contributed by atoms with Crippen molar-refractivity contribution < 1.29 is 33.7 Å². The lowest BCUT2D eigenvalue weighted by molar-refractivity contribution is -0.867. The first-order chi connectivity index (χ1) is 24.7. The molecule has 0 saturated carbocycles. The number of quaternary nitrogens is 1. The highest BCUT2D eigenvalue weighted by Crippen LogP contribution is 2.22. The van der Waals surface area contributed by atoms with Crippen molar-refractivity contribution in [2.75, 3.05) is 32.7 Å². The van der Waals surface area contributed by atoms with Crippen LogP contribution in [0.25, 0.3) is 0 Å². The molecule has 286 valence electrons. The van der Waals surface area contributed by atoms with Gasteiger partial charge >= 0.3 is 6.09 Å². The number of benzene rings is 2. The van der Waals surface area contributed by atoms with Gasteiger partial charge in [0.15, 0.2) is 11.6 Å². The van der Waals surface area contributed by atoms with Crippen LogP contribution in [0.15, 0.2) is 60.7 Å². The Labute approximate surface area is 309 Å². The van der Waals surface area contributed by atoms with Crippen molar-refractivity contribution in [2.24, 2.45) is 29.3 Å². The molecule has 1 aliphatic heterocycles. The van der Waals surface area contributed by atoms with Crippen LogP contribution in [0.5, 0.6) is 0 Å². The molecule has 0 spiro atoms. The second-order valence-corrected chi connectivity index (χ2v) is 15.1. The Kier molecular flexibility index (Phi) is 17.1. The number of nitrogens with zero attached hydrogens (tertiary/aromatic N) is 2. The molecule has 1 saturated heterocycles. The summed E-state index contributed by atoms with van der Waals surface area (Å²) in [5, 5.41) is 16.0. The van der Waals surface area contributed by atoms with E-state index < -0.39 is 40.5 Å². The van der Waals surface area contributed by atoms with Crippen LogP contribution >= 0.6 is 0 Å². The molecule has 0 radical (unpaired) electrons. The Balaban J connectivity index is 1.80. The monoisotopic (exact) mass is 721 g/mol. The fourth-order valence-electron chi connectivity index (χ4n) is 6.74. The minimum Gasteiger partial charge on any atom is -0.434 e. The predicted octanol–water partition coefficient (Wildman–Crippen LogP) is 3.86. The second-order valence-electron chi connectivity index (χ2n) is 15.1. The molecule has 3 amide bonds. The number of hydrogen-bond donors (Lipinski definition) is 5. The number of rotatable bonds is 20. The highest BCUT2D eigenvalue weighted by Gasteiger charge is 2.39. The fourth-order valence-corrected chi connectivity index (χ4v) is 6.74. The highest BCUT2D eigenvalue weighted by molar-refractivity contribution is 5.94. The first kappa shape index (κ1) is 42.4. The highest BCUT2D eigenvalue weighted by atomic mass is 16.4. The average molecular weight is 722 g/mol. The van der Waals surface area contributed by atoms with Gasteiger partial charge in [0, 0.05) is 43.7 Å². The van der Waals surface area contributed by atoms with Crippen LogP contribution in [0.4, 0.5) is 4.79 Å². The lowest BCUT2D eigenvalue weighted by atomic mass is 9.87. The quantitative estimate of drug-likeness (QED) is 0.0586. The fraction of sp³-hybridized carbons (Fsp3) is 0.575. The molecule has 5 atom stereocenters. The van der Waals surface area contributed by atoms with Gasteiger partial charge in [-0.2, -0.15) is 10.6 Å². The maximum Gasteiger partial charge on any atom is 0.533 e. The number of carbonyl (C=O) groups is 5. The predicted molar refractivity (Wildman–Crippen MR) is 202 cm³/mol. The van der Waals surface area contributed by atoms with Crippen LogP contribution in [-0.2, 0) is 32.0 Å². The van der Waals surface area contributed by atoms with Gasteiger partial charge in [-0.25, -0.2) is 0 Å². The molecule has 1 fully saturated rings. The van der Waals surface area contributed by atoms with Crippen molar-refractivity contribution in [1.29, 1.82) is 0 Å². The molecular formula is C40H61N6O6+. The first-order valence-electron chi connectivity index (χ1n) is 18.8. The van der Waals surface area contributed by atoms with E-state index in [1.165, 1.54) is 0 Å². The Morgan fingerprint density at radius 1 is 0.827 bits per heavy atom. The van der Waals surface area contributed by atoms with Crippen molar-refractivity contribution in [3.63, 3.8) is 0 Å². The molecule has 52 heavy (non-hydrogen) atoms. The Morgan fingerprint density at radius 3 is 2.00 bits per heavy atom. The molecule has 1 unspecified atom stereocenters. The van der Waals surface area contributed by atoms with Crippen molar-refractivity contribution in [3.05, 3.63) is 71.8 Å². The number of Topliss-reactive ketones (excluding diaryl/α,β-unsaturated/α-hetero) is 2. The molecule has 1 aliphatic rings. The van der Waals surface area contributed by atoms with Gasteiger partial charge in [0.1, 0.15) is 13.1 Å². The van der Waals surface area contributed by atoms with Gasteiger partial charge in [0.2, 0.25) is 11.8 Å². The van der Waals surface area contributed by atoms with Gasteiger partial charge < -0.3 is 26.4 Å². The number of amides is 3. The molecular weight excluding hydrogens is 660 g/mol. The van der Waals surface area contributed by atoms with Gasteiger partial charge in [-0.05, 0) is 55.7 Å². The average Bonchev–Trinajstić information content (AvgIpc) is 3.31. The first-order valence-corrected chi connectivity index (χ1v) is 18.8. The summed E-state index contributed by atoms with van der Waals surface area (Å²) in [5.41, 5.74) is 8.17. The standard InChI is InChI=1S/C40H60N6O6/c1-28(2)23-35(37(48)26-32(17-11-18-43-29(3)4)39(50)45-19-12-21-46(42,22-20-45)40(51)52)44-38(49)33(24-30-13-7-5-8-14-30)27-36(47)34(41)25-31-15-9-6-10-16-31/h5-10,13-16,28-29,32-35,43H,11-12,17-27,41-42H2,1-4H3,(H-,44,49,51,52)/p+1/t32-,33-,34+,35+,46?/m0/s1. The third kappa shape index (κ3) is 13.9. The molecule has 0 bridgehead atoms. The number of hydrogen-bond acceptors (Lipinski definition) is 8. The summed E-state index contributed by atoms with van der Waals surface area (Å²) in [6, 6.07) is 17.6. The Morgan fingerprint density at radius 2 is 1.42 bits per heavy atom. The number of ketones is 2. The lowest BCUT2D eigenvalue weighted by Gasteiger charge is -2.28. The summed E-state index contributed by atoms with van der Waals surface area (Å²) in [4.78, 5) is 69.1. The van der Waals surface area contributed by atoms with Crippen LogP contribution in [0, 0.1) is 17.8 Å². The van der Waals surface area contributed by atoms with Crippen LogP contribution in [0.1, 0.15) is 77.3 Å². The summed E-state index contributed by atoms with van der Waals surface area (Å²) in [7, 11) is 0. The van der Waals surface area contributed by atoms with Crippen molar-refractivity contribution in [3.8, 4) is 0 Å². The molecule has 12 heteroatoms. The molecule has 12 nitrogen and oxygen atoms in total. The van der Waals surface area contributed by atoms with E-state index in [2.05, 4.69) is 10.6 Å². The van der Waals surface area contributed by atoms with E-state index in [0.717, 1.165) is 11.1 Å². The van der Waals surface area contributed by atoms with E-state index in [9.17, 15) is 29.1 Å². The maximum absolute atomic E-state index is 14.1. The zero-order chi connectivity index (χ0) is 38.3. The van der Waals surface area contributed by atoms with Crippen molar-refractivity contribution >= 4 is 29.5 Å². The summed E-state index contributed by atoms with van der Waals surface area (Å²) >= 11 is 0. The van der Waals surface area contributed by atoms with Gasteiger partial charge in [-0.15, -0.1) is 4.59 Å². The van der Waals surface area contributed by atoms with Crippen molar-refractivity contribution in [1.82, 2.24) is 15.5 Å². The Hall–Kier alpha value is -3.97. The molecule has 7 N–H and O–H groups in total. The van der Waals surface area contributed by atoms with E-state index in [-0.39, 0.29) is 61.9 Å². The zero-order valence-corrected chi connectivity index (χ0v) is 31.5. The van der Waals surface area contributed by atoms with Gasteiger partial charge in [0.25, 0.3) is 0 Å². The third-order valence-electron chi connectivity index (χ3n) is 9.79. The number of carboxylic acid groups (broad SMARTS) is 1. The maximum atomic E-state index is 14.1. The molecule has 3 rings (SSSR count). The topological polar surface area (TPSA) is 185 Å². The molecule has 0 aromatic heterocycles. The normalized spacial score (nSPS) is 18.7. The van der Waals surface area contributed by atoms with E-state index in [4.69, 9.17) is 11.6 Å². The third-order valence-corrected chi connectivity index (χ3v) is 9.79. The minimum absolute atomic E-state index is 0.0595. The molecule has 2 aromatic carbocycles. The van der Waals surface area contributed by atoms with Crippen LogP contribution in [-0.4, -0.2) is 94.9 Å². The summed E-state index contributed by atoms with van der Waals surface area (Å²) < 4.78 is -0.655. The number of nitrogens with one attached hydrogen (secondary N) is 2. The van der Waals surface area contributed by atoms with Gasteiger partial charge in [0.05, 0.1) is 18.6 Å². The second kappa shape index (κ2) is 20.9. The van der Waals surface area contributed by atoms with Crippen LogP contribution in [0.2, 0.25) is 0 Å². The van der Waals surface area contributed by atoms with Crippen LogP contribution < -0.4 is 22.2 Å². The summed E-state index contributed by atoms with van der Waals surface area (Å²) in [6.45, 7) is 9.48. The smallest absolute Gasteiger partial charge is 0.434 e. The van der Waals surface area contributed by atoms with E-state index in [1.54, 1.807) is 4.90 Å².